The van der Waals surface area contributed by atoms with Gasteiger partial charge in [-0.25, -0.2) is 4.68 Å². The lowest BCUT2D eigenvalue weighted by Crippen LogP contribution is -2.13. The van der Waals surface area contributed by atoms with Crippen molar-refractivity contribution in [1.82, 2.24) is 15.0 Å². The Morgan fingerprint density at radius 2 is 2.08 bits per heavy atom. The van der Waals surface area contributed by atoms with Crippen molar-refractivity contribution in [2.75, 3.05) is 0 Å². The molecule has 0 radical (unpaired) electrons. The molecule has 0 unspecified atom stereocenters. The van der Waals surface area contributed by atoms with Crippen LogP contribution in [-0.4, -0.2) is 20.1 Å². The first-order valence-corrected chi connectivity index (χ1v) is 4.74. The Morgan fingerprint density at radius 1 is 1.46 bits per heavy atom. The first-order chi connectivity index (χ1) is 6.00. The molecule has 0 amide bonds. The monoisotopic (exact) mass is 243 g/mol. The SMILES string of the molecule is CCn1nnc(CO)c1C(Cl)(Cl)Cl. The van der Waals surface area contributed by atoms with Gasteiger partial charge in [0.2, 0.25) is 3.79 Å². The van der Waals surface area contributed by atoms with E-state index in [0.717, 1.165) is 0 Å². The molecule has 0 spiro atoms. The maximum atomic E-state index is 8.90. The van der Waals surface area contributed by atoms with Crippen LogP contribution in [-0.2, 0) is 16.9 Å². The second-order valence-corrected chi connectivity index (χ2v) is 4.64. The number of aliphatic hydroxyl groups is 1. The number of nitrogens with zero attached hydrogens (tertiary/aromatic N) is 3. The van der Waals surface area contributed by atoms with Gasteiger partial charge in [0.25, 0.3) is 0 Å². The van der Waals surface area contributed by atoms with Crippen molar-refractivity contribution in [2.24, 2.45) is 0 Å². The molecule has 0 saturated heterocycles. The Hall–Kier alpha value is -0.0300. The molecule has 0 aliphatic heterocycles. The van der Waals surface area contributed by atoms with Crippen LogP contribution in [0.3, 0.4) is 0 Å². The van der Waals surface area contributed by atoms with Crippen LogP contribution in [0.1, 0.15) is 18.3 Å². The van der Waals surface area contributed by atoms with E-state index in [1.54, 1.807) is 0 Å². The van der Waals surface area contributed by atoms with E-state index in [4.69, 9.17) is 39.9 Å². The van der Waals surface area contributed by atoms with Crippen molar-refractivity contribution in [2.45, 2.75) is 23.9 Å². The summed E-state index contributed by atoms with van der Waals surface area (Å²) in [4.78, 5) is 0. The fourth-order valence-electron chi connectivity index (χ4n) is 0.987. The first kappa shape index (κ1) is 11.0. The molecular formula is C6H8Cl3N3O. The average molecular weight is 245 g/mol. The zero-order valence-electron chi connectivity index (χ0n) is 6.84. The number of hydrogen-bond acceptors (Lipinski definition) is 3. The summed E-state index contributed by atoms with van der Waals surface area (Å²) in [6, 6.07) is 0. The van der Waals surface area contributed by atoms with Gasteiger partial charge in [-0.1, -0.05) is 40.0 Å². The highest BCUT2D eigenvalue weighted by Crippen LogP contribution is 2.39. The van der Waals surface area contributed by atoms with Crippen molar-refractivity contribution in [3.63, 3.8) is 0 Å². The van der Waals surface area contributed by atoms with Crippen LogP contribution in [0.4, 0.5) is 0 Å². The van der Waals surface area contributed by atoms with Crippen LogP contribution in [0.15, 0.2) is 0 Å². The number of hydrogen-bond donors (Lipinski definition) is 1. The lowest BCUT2D eigenvalue weighted by atomic mass is 10.3. The fraction of sp³-hybridized carbons (Fsp3) is 0.667. The third-order valence-corrected chi connectivity index (χ3v) is 2.06. The third-order valence-electron chi connectivity index (χ3n) is 1.52. The van der Waals surface area contributed by atoms with Gasteiger partial charge in [0, 0.05) is 6.54 Å². The molecule has 0 atom stereocenters. The van der Waals surface area contributed by atoms with Crippen molar-refractivity contribution < 1.29 is 5.11 Å². The summed E-state index contributed by atoms with van der Waals surface area (Å²) < 4.78 is -0.157. The van der Waals surface area contributed by atoms with E-state index in [2.05, 4.69) is 10.3 Å². The zero-order chi connectivity index (χ0) is 10.1. The molecule has 1 rings (SSSR count). The summed E-state index contributed by atoms with van der Waals surface area (Å²) >= 11 is 17.1. The summed E-state index contributed by atoms with van der Waals surface area (Å²) in [5, 5.41) is 16.3. The molecule has 13 heavy (non-hydrogen) atoms. The molecular weight excluding hydrogens is 236 g/mol. The van der Waals surface area contributed by atoms with Crippen LogP contribution in [0.2, 0.25) is 0 Å². The molecule has 0 aromatic carbocycles. The van der Waals surface area contributed by atoms with Gasteiger partial charge in [-0.3, -0.25) is 0 Å². The highest BCUT2D eigenvalue weighted by atomic mass is 35.6. The molecule has 7 heteroatoms. The largest absolute Gasteiger partial charge is 0.390 e. The Balaban J connectivity index is 3.20. The van der Waals surface area contributed by atoms with Crippen LogP contribution in [0, 0.1) is 0 Å². The van der Waals surface area contributed by atoms with Gasteiger partial charge < -0.3 is 5.11 Å². The maximum Gasteiger partial charge on any atom is 0.234 e. The molecule has 74 valence electrons. The molecule has 1 N–H and O–H groups in total. The van der Waals surface area contributed by atoms with Crippen molar-refractivity contribution in [1.29, 1.82) is 0 Å². The van der Waals surface area contributed by atoms with Gasteiger partial charge in [-0.2, -0.15) is 0 Å². The predicted octanol–water partition coefficient (Wildman–Crippen LogP) is 1.62. The Labute approximate surface area is 90.4 Å². The minimum atomic E-state index is -1.60. The number of aliphatic hydroxyl groups excluding tert-OH is 1. The number of halogens is 3. The Kier molecular flexibility index (Phi) is 3.40. The number of aromatic nitrogens is 3. The number of alkyl halides is 3. The van der Waals surface area contributed by atoms with Gasteiger partial charge in [-0.05, 0) is 6.92 Å². The quantitative estimate of drug-likeness (QED) is 0.804. The van der Waals surface area contributed by atoms with E-state index in [1.807, 2.05) is 6.92 Å². The smallest absolute Gasteiger partial charge is 0.234 e. The van der Waals surface area contributed by atoms with Crippen molar-refractivity contribution in [3.05, 3.63) is 11.4 Å². The molecule has 0 aliphatic carbocycles. The molecule has 4 nitrogen and oxygen atoms in total. The number of rotatable bonds is 2. The first-order valence-electron chi connectivity index (χ1n) is 3.61. The lowest BCUT2D eigenvalue weighted by Gasteiger charge is -2.12. The molecule has 0 fully saturated rings. The van der Waals surface area contributed by atoms with E-state index >= 15 is 0 Å². The van der Waals surface area contributed by atoms with E-state index in [-0.39, 0.29) is 6.61 Å². The van der Waals surface area contributed by atoms with E-state index in [9.17, 15) is 0 Å². The van der Waals surface area contributed by atoms with Crippen LogP contribution >= 0.6 is 34.8 Å². The highest BCUT2D eigenvalue weighted by molar-refractivity contribution is 6.66. The van der Waals surface area contributed by atoms with E-state index in [0.29, 0.717) is 17.9 Å². The fourth-order valence-corrected chi connectivity index (χ4v) is 1.61. The highest BCUT2D eigenvalue weighted by Gasteiger charge is 2.31. The van der Waals surface area contributed by atoms with E-state index in [1.165, 1.54) is 4.68 Å². The Morgan fingerprint density at radius 3 is 2.46 bits per heavy atom. The van der Waals surface area contributed by atoms with Gasteiger partial charge in [0.1, 0.15) is 11.4 Å². The van der Waals surface area contributed by atoms with Gasteiger partial charge in [0.15, 0.2) is 0 Å². The van der Waals surface area contributed by atoms with E-state index < -0.39 is 3.79 Å². The maximum absolute atomic E-state index is 8.90. The van der Waals surface area contributed by atoms with Crippen molar-refractivity contribution >= 4 is 34.8 Å². The third kappa shape index (κ3) is 2.26. The summed E-state index contributed by atoms with van der Waals surface area (Å²) in [6.45, 7) is 2.09. The summed E-state index contributed by atoms with van der Waals surface area (Å²) in [6.07, 6.45) is 0. The molecule has 0 aliphatic rings. The van der Waals surface area contributed by atoms with Gasteiger partial charge in [-0.15, -0.1) is 5.10 Å². The number of aryl methyl sites for hydroxylation is 1. The summed E-state index contributed by atoms with van der Waals surface area (Å²) in [5.74, 6) is 0. The second kappa shape index (κ2) is 4.00. The second-order valence-electron chi connectivity index (χ2n) is 2.36. The summed E-state index contributed by atoms with van der Waals surface area (Å²) in [5.41, 5.74) is 0.615. The lowest BCUT2D eigenvalue weighted by molar-refractivity contribution is 0.275. The molecule has 0 bridgehead atoms. The molecule has 1 aromatic heterocycles. The normalized spacial score (nSPS) is 12.1. The summed E-state index contributed by atoms with van der Waals surface area (Å²) in [7, 11) is 0. The van der Waals surface area contributed by atoms with Gasteiger partial charge in [0.05, 0.1) is 6.61 Å². The molecule has 0 saturated carbocycles. The molecule has 1 aromatic rings. The van der Waals surface area contributed by atoms with Gasteiger partial charge >= 0.3 is 0 Å². The average Bonchev–Trinajstić information content (AvgIpc) is 2.45. The predicted molar refractivity (Wildman–Crippen MR) is 50.9 cm³/mol. The van der Waals surface area contributed by atoms with Crippen LogP contribution in [0.25, 0.3) is 0 Å². The zero-order valence-corrected chi connectivity index (χ0v) is 9.10. The topological polar surface area (TPSA) is 50.9 Å². The standard InChI is InChI=1S/C6H8Cl3N3O/c1-2-12-5(6(7,8)9)4(3-13)10-11-12/h13H,2-3H2,1H3. The van der Waals surface area contributed by atoms with Crippen molar-refractivity contribution in [3.8, 4) is 0 Å². The Bertz CT molecular complexity index is 272. The van der Waals surface area contributed by atoms with Crippen LogP contribution < -0.4 is 0 Å². The molecule has 1 heterocycles. The minimum Gasteiger partial charge on any atom is -0.390 e. The minimum absolute atomic E-state index is 0.288. The van der Waals surface area contributed by atoms with Crippen LogP contribution in [0.5, 0.6) is 0 Å².